The second-order valence-electron chi connectivity index (χ2n) is 10.5. The first kappa shape index (κ1) is 25.7. The third-order valence-electron chi connectivity index (χ3n) is 7.65. The maximum Gasteiger partial charge on any atom is 0.140 e. The van der Waals surface area contributed by atoms with Crippen molar-refractivity contribution in [1.82, 2.24) is 19.3 Å². The first-order valence-corrected chi connectivity index (χ1v) is 14.2. The van der Waals surface area contributed by atoms with Crippen molar-refractivity contribution in [2.45, 2.75) is 26.7 Å². The van der Waals surface area contributed by atoms with Gasteiger partial charge in [-0.25, -0.2) is 14.1 Å². The Labute approximate surface area is 243 Å². The maximum atomic E-state index is 14.2. The van der Waals surface area contributed by atoms with Crippen LogP contribution in [-0.2, 0) is 6.42 Å². The van der Waals surface area contributed by atoms with E-state index in [1.54, 1.807) is 0 Å². The number of rotatable bonds is 7. The molecule has 0 spiro atoms. The van der Waals surface area contributed by atoms with Crippen LogP contribution in [0.5, 0.6) is 11.5 Å². The van der Waals surface area contributed by atoms with E-state index < -0.39 is 0 Å². The largest absolute Gasteiger partial charge is 0.457 e. The van der Waals surface area contributed by atoms with E-state index in [2.05, 4.69) is 49.3 Å². The first-order valence-electron chi connectivity index (χ1n) is 14.2. The Hall–Kier alpha value is -5.23. The van der Waals surface area contributed by atoms with Crippen LogP contribution >= 0.6 is 0 Å². The number of para-hydroxylation sites is 1. The van der Waals surface area contributed by atoms with Crippen molar-refractivity contribution >= 4 is 21.8 Å². The van der Waals surface area contributed by atoms with E-state index in [1.165, 1.54) is 35.0 Å². The average Bonchev–Trinajstić information content (AvgIpc) is 3.61. The molecule has 0 radical (unpaired) electrons. The molecule has 0 saturated carbocycles. The molecule has 42 heavy (non-hydrogen) atoms. The van der Waals surface area contributed by atoms with Crippen LogP contribution in [0.3, 0.4) is 0 Å². The predicted molar refractivity (Wildman–Crippen MR) is 166 cm³/mol. The van der Waals surface area contributed by atoms with Crippen LogP contribution < -0.4 is 4.74 Å². The zero-order valence-electron chi connectivity index (χ0n) is 23.5. The highest BCUT2D eigenvalue weighted by Crippen LogP contribution is 2.35. The summed E-state index contributed by atoms with van der Waals surface area (Å²) in [4.78, 5) is 4.46. The van der Waals surface area contributed by atoms with E-state index in [0.29, 0.717) is 17.3 Å². The van der Waals surface area contributed by atoms with Gasteiger partial charge in [-0.2, -0.15) is 5.10 Å². The van der Waals surface area contributed by atoms with Gasteiger partial charge < -0.3 is 4.74 Å². The lowest BCUT2D eigenvalue weighted by Crippen LogP contribution is -1.98. The second-order valence-corrected chi connectivity index (χ2v) is 10.5. The van der Waals surface area contributed by atoms with Gasteiger partial charge in [0.15, 0.2) is 0 Å². The third kappa shape index (κ3) is 4.61. The number of ether oxygens (including phenoxy) is 1. The average molecular weight is 553 g/mol. The fourth-order valence-electron chi connectivity index (χ4n) is 5.81. The van der Waals surface area contributed by atoms with Gasteiger partial charge >= 0.3 is 0 Å². The molecular formula is C36H29FN4O. The van der Waals surface area contributed by atoms with Gasteiger partial charge in [0.05, 0.1) is 22.9 Å². The van der Waals surface area contributed by atoms with Crippen LogP contribution in [-0.4, -0.2) is 19.3 Å². The molecule has 5 nitrogen and oxygen atoms in total. The molecular weight excluding hydrogens is 523 g/mol. The molecule has 0 aliphatic heterocycles. The molecule has 3 heterocycles. The van der Waals surface area contributed by atoms with Crippen molar-refractivity contribution in [3.8, 4) is 34.1 Å². The molecule has 7 rings (SSSR count). The van der Waals surface area contributed by atoms with Gasteiger partial charge in [0, 0.05) is 46.9 Å². The van der Waals surface area contributed by atoms with Crippen molar-refractivity contribution < 1.29 is 9.13 Å². The van der Waals surface area contributed by atoms with E-state index in [0.717, 1.165) is 45.9 Å². The highest BCUT2D eigenvalue weighted by Gasteiger charge is 2.15. The molecule has 0 aliphatic carbocycles. The van der Waals surface area contributed by atoms with E-state index in [4.69, 9.17) is 9.84 Å². The van der Waals surface area contributed by atoms with Crippen molar-refractivity contribution in [3.63, 3.8) is 0 Å². The predicted octanol–water partition coefficient (Wildman–Crippen LogP) is 9.22. The van der Waals surface area contributed by atoms with Gasteiger partial charge in [-0.15, -0.1) is 0 Å². The zero-order chi connectivity index (χ0) is 28.6. The molecule has 0 atom stereocenters. The molecule has 0 amide bonds. The minimum atomic E-state index is -0.332. The molecule has 0 fully saturated rings. The highest BCUT2D eigenvalue weighted by atomic mass is 19.1. The van der Waals surface area contributed by atoms with Crippen LogP contribution in [0.4, 0.5) is 4.39 Å². The minimum absolute atomic E-state index is 0.332. The SMILES string of the molecule is CCCc1cccc(C)c1-c1cnn(-c2cccc(Oc3ccc4c5ccccc5n(-c5cc(F)ccn5)c4c3)c2)c1. The molecule has 3 aromatic heterocycles. The Kier molecular flexibility index (Phi) is 6.51. The van der Waals surface area contributed by atoms with Gasteiger partial charge in [-0.3, -0.25) is 4.57 Å². The first-order chi connectivity index (χ1) is 20.6. The summed E-state index contributed by atoms with van der Waals surface area (Å²) in [6, 6.07) is 31.2. The molecule has 0 unspecified atom stereocenters. The Morgan fingerprint density at radius 2 is 1.64 bits per heavy atom. The molecule has 7 aromatic rings. The maximum absolute atomic E-state index is 14.2. The molecule has 0 aliphatic rings. The molecule has 206 valence electrons. The lowest BCUT2D eigenvalue weighted by Gasteiger charge is -2.11. The van der Waals surface area contributed by atoms with E-state index >= 15 is 0 Å². The normalized spacial score (nSPS) is 11.4. The van der Waals surface area contributed by atoms with Crippen LogP contribution in [0.15, 0.2) is 116 Å². The topological polar surface area (TPSA) is 44.9 Å². The summed E-state index contributed by atoms with van der Waals surface area (Å²) in [6.45, 7) is 4.36. The Morgan fingerprint density at radius 3 is 2.52 bits per heavy atom. The smallest absolute Gasteiger partial charge is 0.140 e. The number of fused-ring (bicyclic) bond motifs is 3. The summed E-state index contributed by atoms with van der Waals surface area (Å²) >= 11 is 0. The van der Waals surface area contributed by atoms with E-state index in [1.807, 2.05) is 76.1 Å². The quantitative estimate of drug-likeness (QED) is 0.198. The Balaban J connectivity index is 1.24. The zero-order valence-corrected chi connectivity index (χ0v) is 23.5. The monoisotopic (exact) mass is 552 g/mol. The summed E-state index contributed by atoms with van der Waals surface area (Å²) in [7, 11) is 0. The standard InChI is InChI=1S/C36H29FN4O/c1-3-8-25-10-6-9-24(2)36(25)26-22-39-40(23-26)28-11-7-12-29(20-28)42-30-15-16-32-31-13-4-5-14-33(31)41(34(32)21-30)35-19-27(37)17-18-38-35/h4-7,9-23H,3,8H2,1-2H3. The van der Waals surface area contributed by atoms with Gasteiger partial charge in [-0.05, 0) is 66.4 Å². The molecule has 6 heteroatoms. The summed E-state index contributed by atoms with van der Waals surface area (Å²) in [5.41, 5.74) is 7.70. The van der Waals surface area contributed by atoms with Gasteiger partial charge in [-0.1, -0.05) is 55.8 Å². The number of nitrogens with zero attached hydrogens (tertiary/aromatic N) is 4. The molecule has 4 aromatic carbocycles. The number of hydrogen-bond acceptors (Lipinski definition) is 3. The minimum Gasteiger partial charge on any atom is -0.457 e. The van der Waals surface area contributed by atoms with Crippen LogP contribution in [0.25, 0.3) is 44.4 Å². The molecule has 0 N–H and O–H groups in total. The van der Waals surface area contributed by atoms with E-state index in [9.17, 15) is 4.39 Å². The van der Waals surface area contributed by atoms with Crippen molar-refractivity contribution in [1.29, 1.82) is 0 Å². The Bertz CT molecular complexity index is 2070. The van der Waals surface area contributed by atoms with Crippen molar-refractivity contribution in [2.75, 3.05) is 0 Å². The third-order valence-corrected chi connectivity index (χ3v) is 7.65. The number of hydrogen-bond donors (Lipinski definition) is 0. The van der Waals surface area contributed by atoms with E-state index in [-0.39, 0.29) is 5.82 Å². The summed E-state index contributed by atoms with van der Waals surface area (Å²) in [6.07, 6.45) is 7.63. The van der Waals surface area contributed by atoms with Crippen molar-refractivity contribution in [2.24, 2.45) is 0 Å². The lowest BCUT2D eigenvalue weighted by atomic mass is 9.95. The van der Waals surface area contributed by atoms with Crippen molar-refractivity contribution in [3.05, 3.63) is 133 Å². The van der Waals surface area contributed by atoms with Crippen LogP contribution in [0, 0.1) is 12.7 Å². The van der Waals surface area contributed by atoms with Gasteiger partial charge in [0.2, 0.25) is 0 Å². The fourth-order valence-corrected chi connectivity index (χ4v) is 5.81. The Morgan fingerprint density at radius 1 is 0.810 bits per heavy atom. The molecule has 0 saturated heterocycles. The number of benzene rings is 4. The number of aryl methyl sites for hydroxylation is 2. The number of halogens is 1. The summed E-state index contributed by atoms with van der Waals surface area (Å²) in [5, 5.41) is 6.80. The fraction of sp³-hybridized carbons (Fsp3) is 0.111. The van der Waals surface area contributed by atoms with Crippen LogP contribution in [0.1, 0.15) is 24.5 Å². The summed E-state index contributed by atoms with van der Waals surface area (Å²) < 4.78 is 24.4. The highest BCUT2D eigenvalue weighted by molar-refractivity contribution is 6.09. The summed E-state index contributed by atoms with van der Waals surface area (Å²) in [5.74, 6) is 1.55. The lowest BCUT2D eigenvalue weighted by molar-refractivity contribution is 0.483. The number of pyridine rings is 1. The van der Waals surface area contributed by atoms with Crippen LogP contribution in [0.2, 0.25) is 0 Å². The second kappa shape index (κ2) is 10.6. The molecule has 0 bridgehead atoms. The number of aromatic nitrogens is 4. The van der Waals surface area contributed by atoms with Gasteiger partial charge in [0.1, 0.15) is 23.1 Å². The van der Waals surface area contributed by atoms with Gasteiger partial charge in [0.25, 0.3) is 0 Å².